The second kappa shape index (κ2) is 12.7. The molecule has 0 saturated carbocycles. The van der Waals surface area contributed by atoms with Crippen LogP contribution in [-0.4, -0.2) is 41.6 Å². The van der Waals surface area contributed by atoms with Gasteiger partial charge in [-0.2, -0.15) is 5.26 Å². The van der Waals surface area contributed by atoms with E-state index in [2.05, 4.69) is 6.07 Å². The third-order valence-corrected chi connectivity index (χ3v) is 6.42. The monoisotopic (exact) mass is 513 g/mol. The van der Waals surface area contributed by atoms with Gasteiger partial charge in [0.25, 0.3) is 11.5 Å². The Labute approximate surface area is 221 Å². The highest BCUT2D eigenvalue weighted by molar-refractivity contribution is 5.96. The van der Waals surface area contributed by atoms with Crippen molar-refractivity contribution < 1.29 is 9.18 Å². The lowest BCUT2D eigenvalue weighted by atomic mass is 10.1. The van der Waals surface area contributed by atoms with E-state index in [-0.39, 0.29) is 29.0 Å². The number of amides is 1. The van der Waals surface area contributed by atoms with Gasteiger partial charge < -0.3 is 20.5 Å². The lowest BCUT2D eigenvalue weighted by molar-refractivity contribution is 0.0747. The van der Waals surface area contributed by atoms with Gasteiger partial charge in [-0.25, -0.2) is 4.39 Å². The van der Waals surface area contributed by atoms with Gasteiger partial charge in [0.15, 0.2) is 0 Å². The molecule has 3 N–H and O–H groups in total. The maximum atomic E-state index is 13.5. The van der Waals surface area contributed by atoms with Crippen molar-refractivity contribution in [3.8, 4) is 6.07 Å². The van der Waals surface area contributed by atoms with Crippen molar-refractivity contribution in [1.82, 2.24) is 15.6 Å². The first kappa shape index (κ1) is 28.1. The summed E-state index contributed by atoms with van der Waals surface area (Å²) in [6.07, 6.45) is 0. The molecule has 5 rings (SSSR count). The van der Waals surface area contributed by atoms with Crippen molar-refractivity contribution >= 4 is 22.5 Å². The van der Waals surface area contributed by atoms with E-state index in [0.717, 1.165) is 16.5 Å². The van der Waals surface area contributed by atoms with E-state index in [9.17, 15) is 19.2 Å². The summed E-state index contributed by atoms with van der Waals surface area (Å²) in [5.74, 6) is -0.544. The zero-order valence-corrected chi connectivity index (χ0v) is 21.7. The minimum atomic E-state index is -0.385. The summed E-state index contributed by atoms with van der Waals surface area (Å²) >= 11 is 0. The normalized spacial score (nSPS) is 12.7. The molecular formula is C30H32FN5O2. The third-order valence-electron chi connectivity index (χ3n) is 6.42. The molecule has 8 heteroatoms. The van der Waals surface area contributed by atoms with E-state index in [0.29, 0.717) is 44.0 Å². The molecule has 1 aromatic heterocycles. The maximum Gasteiger partial charge on any atom is 0.271 e. The van der Waals surface area contributed by atoms with Crippen molar-refractivity contribution in [2.24, 2.45) is 0 Å². The number of fused-ring (bicyclic) bond motifs is 1. The molecule has 0 atom stereocenters. The Balaban J connectivity index is 0.00000130. The average Bonchev–Trinajstić information content (AvgIpc) is 2.96. The summed E-state index contributed by atoms with van der Waals surface area (Å²) < 4.78 is 14.9. The number of halogens is 1. The topological polar surface area (TPSA) is 104 Å². The summed E-state index contributed by atoms with van der Waals surface area (Å²) in [5.41, 5.74) is 2.58. The van der Waals surface area contributed by atoms with E-state index < -0.39 is 0 Å². The van der Waals surface area contributed by atoms with Gasteiger partial charge >= 0.3 is 0 Å². The molecule has 1 aliphatic heterocycles. The van der Waals surface area contributed by atoms with Crippen molar-refractivity contribution in [2.75, 3.05) is 31.1 Å². The van der Waals surface area contributed by atoms with Gasteiger partial charge in [-0.1, -0.05) is 62.4 Å². The number of hydrogen-bond acceptors (Lipinski definition) is 5. The summed E-state index contributed by atoms with van der Waals surface area (Å²) in [4.78, 5) is 30.1. The summed E-state index contributed by atoms with van der Waals surface area (Å²) in [7, 11) is 0. The van der Waals surface area contributed by atoms with Crippen LogP contribution in [0.1, 0.15) is 35.3 Å². The Morgan fingerprint density at radius 1 is 0.895 bits per heavy atom. The molecule has 196 valence electrons. The van der Waals surface area contributed by atoms with Gasteiger partial charge in [0.1, 0.15) is 17.4 Å². The number of aromatic nitrogens is 1. The van der Waals surface area contributed by atoms with E-state index in [1.54, 1.807) is 9.47 Å². The predicted octanol–water partition coefficient (Wildman–Crippen LogP) is 5.21. The zero-order chi connectivity index (χ0) is 26.4. The number of benzene rings is 3. The Kier molecular flexibility index (Phi) is 9.36. The minimum Gasteiger partial charge on any atom is -0.366 e. The van der Waals surface area contributed by atoms with Crippen molar-refractivity contribution in [2.45, 2.75) is 20.4 Å². The number of para-hydroxylation sites is 1. The Morgan fingerprint density at radius 2 is 1.50 bits per heavy atom. The van der Waals surface area contributed by atoms with Crippen LogP contribution in [0.3, 0.4) is 0 Å². The highest BCUT2D eigenvalue weighted by atomic mass is 19.1. The Hall–Kier alpha value is -4.48. The van der Waals surface area contributed by atoms with Gasteiger partial charge in [0.05, 0.1) is 17.7 Å². The first-order valence-corrected chi connectivity index (χ1v) is 12.5. The number of pyridine rings is 1. The van der Waals surface area contributed by atoms with Crippen LogP contribution in [0.15, 0.2) is 83.7 Å². The van der Waals surface area contributed by atoms with Crippen LogP contribution in [-0.2, 0) is 6.54 Å². The molecule has 1 saturated heterocycles. The summed E-state index contributed by atoms with van der Waals surface area (Å²) in [5, 5.41) is 10.8. The quantitative estimate of drug-likeness (QED) is 0.403. The molecule has 4 aromatic rings. The Morgan fingerprint density at radius 3 is 2.13 bits per heavy atom. The zero-order valence-electron chi connectivity index (χ0n) is 21.7. The number of anilines is 1. The van der Waals surface area contributed by atoms with E-state index in [1.807, 2.05) is 73.3 Å². The predicted molar refractivity (Wildman–Crippen MR) is 149 cm³/mol. The number of piperazine rings is 1. The number of nitrogens with zero attached hydrogens (tertiary/aromatic N) is 4. The number of hydrogen-bond donors (Lipinski definition) is 1. The first-order chi connectivity index (χ1) is 18.1. The average molecular weight is 514 g/mol. The molecule has 0 aliphatic carbocycles. The van der Waals surface area contributed by atoms with Crippen LogP contribution in [0.5, 0.6) is 0 Å². The number of nitriles is 1. The Bertz CT molecular complexity index is 1490. The largest absolute Gasteiger partial charge is 0.366 e. The fourth-order valence-corrected chi connectivity index (χ4v) is 4.65. The van der Waals surface area contributed by atoms with Gasteiger partial charge in [-0.3, -0.25) is 9.59 Å². The van der Waals surface area contributed by atoms with Crippen LogP contribution >= 0.6 is 0 Å². The van der Waals surface area contributed by atoms with E-state index in [4.69, 9.17) is 0 Å². The maximum absolute atomic E-state index is 13.5. The summed E-state index contributed by atoms with van der Waals surface area (Å²) in [6.45, 7) is 6.20. The number of carbonyl (C=O) groups excluding carboxylic acids is 1. The lowest BCUT2D eigenvalue weighted by Gasteiger charge is -2.37. The molecule has 3 aromatic carbocycles. The molecule has 0 bridgehead atoms. The van der Waals surface area contributed by atoms with Crippen molar-refractivity contribution in [3.63, 3.8) is 0 Å². The van der Waals surface area contributed by atoms with Gasteiger partial charge in [-0.05, 0) is 35.9 Å². The molecular weight excluding hydrogens is 481 g/mol. The van der Waals surface area contributed by atoms with Crippen LogP contribution in [0.25, 0.3) is 10.9 Å². The van der Waals surface area contributed by atoms with Crippen LogP contribution in [0, 0.1) is 17.1 Å². The number of rotatable bonds is 4. The lowest BCUT2D eigenvalue weighted by Crippen LogP contribution is -2.49. The van der Waals surface area contributed by atoms with E-state index >= 15 is 0 Å². The van der Waals surface area contributed by atoms with Crippen molar-refractivity contribution in [1.29, 1.82) is 5.26 Å². The first-order valence-electron chi connectivity index (χ1n) is 12.5. The molecule has 38 heavy (non-hydrogen) atoms. The highest BCUT2D eigenvalue weighted by Crippen LogP contribution is 2.30. The molecule has 1 aliphatic rings. The van der Waals surface area contributed by atoms with E-state index in [1.165, 1.54) is 24.3 Å². The van der Waals surface area contributed by atoms with Crippen LogP contribution in [0.2, 0.25) is 0 Å². The fraction of sp³-hybridized carbons (Fsp3) is 0.233. The van der Waals surface area contributed by atoms with Crippen LogP contribution < -0.4 is 16.6 Å². The SMILES string of the molecule is CC.N.N#Cc1c(N2CCN(C(=O)c3ccc(F)cc3)CC2)c2ccccc2n(Cc2ccccc2)c1=O. The molecule has 7 nitrogen and oxygen atoms in total. The van der Waals surface area contributed by atoms with Crippen LogP contribution in [0.4, 0.5) is 10.1 Å². The van der Waals surface area contributed by atoms with Crippen molar-refractivity contribution in [3.05, 3.63) is 112 Å². The number of carbonyl (C=O) groups is 1. The second-order valence-corrected chi connectivity index (χ2v) is 8.52. The molecule has 1 fully saturated rings. The van der Waals surface area contributed by atoms with Gasteiger partial charge in [-0.15, -0.1) is 0 Å². The molecule has 2 heterocycles. The summed E-state index contributed by atoms with van der Waals surface area (Å²) in [6, 6.07) is 25.0. The second-order valence-electron chi connectivity index (χ2n) is 8.52. The third kappa shape index (κ3) is 5.58. The molecule has 1 amide bonds. The van der Waals surface area contributed by atoms with Gasteiger partial charge in [0, 0.05) is 37.1 Å². The molecule has 0 unspecified atom stereocenters. The smallest absolute Gasteiger partial charge is 0.271 e. The molecule has 0 radical (unpaired) electrons. The molecule has 0 spiro atoms. The fourth-order valence-electron chi connectivity index (χ4n) is 4.65. The minimum absolute atomic E-state index is 0. The van der Waals surface area contributed by atoms with Gasteiger partial charge in [0.2, 0.25) is 0 Å². The standard InChI is InChI=1S/C28H23FN4O2.C2H6.H3N/c29-22-12-10-21(11-13-22)27(34)32-16-14-31(15-17-32)26-23-8-4-5-9-25(23)33(28(35)24(26)18-30)19-20-6-2-1-3-7-20;1-2;/h1-13H,14-17,19H2;1-2H3;1H3. The highest BCUT2D eigenvalue weighted by Gasteiger charge is 2.27.